The van der Waals surface area contributed by atoms with Gasteiger partial charge in [0.25, 0.3) is 0 Å². The van der Waals surface area contributed by atoms with E-state index >= 15 is 0 Å². The Hall–Kier alpha value is -2.70. The molecule has 0 fully saturated rings. The largest absolute Gasteiger partial charge is 0.433 e. The number of benzene rings is 1. The topological polar surface area (TPSA) is 98.1 Å². The summed E-state index contributed by atoms with van der Waals surface area (Å²) in [5.74, 6) is 0.0504. The normalized spacial score (nSPS) is 10.1. The Kier molecular flexibility index (Phi) is 3.05. The molecule has 1 aromatic carbocycles. The van der Waals surface area contributed by atoms with E-state index in [1.807, 2.05) is 6.92 Å². The number of H-pyrrole nitrogens is 1. The lowest BCUT2D eigenvalue weighted by atomic mass is 10.2. The molecule has 0 saturated heterocycles. The summed E-state index contributed by atoms with van der Waals surface area (Å²) in [7, 11) is 0. The number of hydrogen-bond donors (Lipinski definition) is 1. The molecule has 7 nitrogen and oxygen atoms in total. The van der Waals surface area contributed by atoms with Crippen LogP contribution in [-0.4, -0.2) is 14.9 Å². The fourth-order valence-corrected chi connectivity index (χ4v) is 1.33. The van der Waals surface area contributed by atoms with Crippen molar-refractivity contribution in [2.75, 3.05) is 0 Å². The number of aromatic amines is 1. The Morgan fingerprint density at radius 3 is 2.61 bits per heavy atom. The Balaban J connectivity index is 2.40. The van der Waals surface area contributed by atoms with Crippen molar-refractivity contribution < 1.29 is 9.66 Å². The van der Waals surface area contributed by atoms with Crippen LogP contribution >= 0.6 is 0 Å². The second-order valence-electron chi connectivity index (χ2n) is 3.56. The maximum atomic E-state index is 11.3. The zero-order valence-corrected chi connectivity index (χ0v) is 9.41. The first-order chi connectivity index (χ1) is 8.58. The van der Waals surface area contributed by atoms with Crippen LogP contribution in [0.15, 0.2) is 35.4 Å². The van der Waals surface area contributed by atoms with E-state index in [2.05, 4.69) is 9.97 Å². The van der Waals surface area contributed by atoms with E-state index in [-0.39, 0.29) is 5.88 Å². The van der Waals surface area contributed by atoms with Crippen LogP contribution in [0.2, 0.25) is 0 Å². The lowest BCUT2D eigenvalue weighted by Crippen LogP contribution is -2.13. The molecule has 92 valence electrons. The van der Waals surface area contributed by atoms with Crippen molar-refractivity contribution in [1.29, 1.82) is 0 Å². The predicted molar refractivity (Wildman–Crippen MR) is 62.8 cm³/mol. The first-order valence-electron chi connectivity index (χ1n) is 5.04. The summed E-state index contributed by atoms with van der Waals surface area (Å²) in [6, 6.07) is 6.85. The first kappa shape index (κ1) is 11.8. The highest BCUT2D eigenvalue weighted by atomic mass is 16.6. The molecule has 0 aliphatic carbocycles. The molecule has 1 aromatic heterocycles. The van der Waals surface area contributed by atoms with Gasteiger partial charge in [0.05, 0.1) is 11.3 Å². The average Bonchev–Trinajstić information content (AvgIpc) is 2.32. The highest BCUT2D eigenvalue weighted by Gasteiger charge is 2.22. The monoisotopic (exact) mass is 247 g/mol. The summed E-state index contributed by atoms with van der Waals surface area (Å²) in [5, 5.41) is 10.8. The maximum absolute atomic E-state index is 11.3. The molecule has 0 saturated carbocycles. The molecule has 1 heterocycles. The van der Waals surface area contributed by atoms with E-state index in [1.165, 1.54) is 0 Å². The minimum atomic E-state index is -0.850. The summed E-state index contributed by atoms with van der Waals surface area (Å²) >= 11 is 0. The standard InChI is InChI=1S/C11H9N3O4/c1-7-2-4-8(5-3-7)18-11-9(14(16)17)10(15)12-6-13-11/h2-6H,1H3,(H,12,13,15). The lowest BCUT2D eigenvalue weighted by molar-refractivity contribution is -0.387. The third-order valence-corrected chi connectivity index (χ3v) is 2.21. The van der Waals surface area contributed by atoms with Crippen molar-refractivity contribution >= 4 is 5.69 Å². The zero-order chi connectivity index (χ0) is 13.1. The molecule has 0 radical (unpaired) electrons. The highest BCUT2D eigenvalue weighted by Crippen LogP contribution is 2.25. The summed E-state index contributed by atoms with van der Waals surface area (Å²) in [5.41, 5.74) is -0.536. The van der Waals surface area contributed by atoms with Gasteiger partial charge in [-0.2, -0.15) is 4.98 Å². The van der Waals surface area contributed by atoms with Gasteiger partial charge in [-0.05, 0) is 19.1 Å². The summed E-state index contributed by atoms with van der Waals surface area (Å²) in [6.07, 6.45) is 1.05. The number of ether oxygens (including phenoxy) is 1. The van der Waals surface area contributed by atoms with Gasteiger partial charge >= 0.3 is 17.1 Å². The zero-order valence-electron chi connectivity index (χ0n) is 9.41. The number of nitrogens with zero attached hydrogens (tertiary/aromatic N) is 2. The summed E-state index contributed by atoms with van der Waals surface area (Å²) in [4.78, 5) is 27.0. The minimum absolute atomic E-state index is 0.326. The number of nitrogens with one attached hydrogen (secondary N) is 1. The van der Waals surface area contributed by atoms with Crippen molar-refractivity contribution in [2.24, 2.45) is 0 Å². The van der Waals surface area contributed by atoms with Gasteiger partial charge in [0.2, 0.25) is 0 Å². The Bertz CT molecular complexity index is 633. The highest BCUT2D eigenvalue weighted by molar-refractivity contribution is 5.41. The molecule has 2 rings (SSSR count). The summed E-state index contributed by atoms with van der Waals surface area (Å²) < 4.78 is 5.23. The third-order valence-electron chi connectivity index (χ3n) is 2.21. The van der Waals surface area contributed by atoms with Gasteiger partial charge < -0.3 is 9.72 Å². The van der Waals surface area contributed by atoms with E-state index in [9.17, 15) is 14.9 Å². The second-order valence-corrected chi connectivity index (χ2v) is 3.56. The van der Waals surface area contributed by atoms with Crippen molar-refractivity contribution in [3.8, 4) is 11.6 Å². The molecule has 0 aliphatic heterocycles. The molecule has 0 aliphatic rings. The van der Waals surface area contributed by atoms with Crippen molar-refractivity contribution in [1.82, 2.24) is 9.97 Å². The van der Waals surface area contributed by atoms with Crippen LogP contribution in [0.3, 0.4) is 0 Å². The summed E-state index contributed by atoms with van der Waals surface area (Å²) in [6.45, 7) is 1.90. The van der Waals surface area contributed by atoms with Crippen molar-refractivity contribution in [3.05, 3.63) is 56.6 Å². The van der Waals surface area contributed by atoms with Gasteiger partial charge in [0, 0.05) is 0 Å². The fourth-order valence-electron chi connectivity index (χ4n) is 1.33. The second kappa shape index (κ2) is 4.66. The molecular weight excluding hydrogens is 238 g/mol. The van der Waals surface area contributed by atoms with Gasteiger partial charge in [0.1, 0.15) is 5.75 Å². The molecule has 0 unspecified atom stereocenters. The van der Waals surface area contributed by atoms with E-state index in [0.29, 0.717) is 5.75 Å². The number of aryl methyl sites for hydroxylation is 1. The SMILES string of the molecule is Cc1ccc(Oc2nc[nH]c(=O)c2[N+](=O)[O-])cc1. The van der Waals surface area contributed by atoms with Crippen LogP contribution in [0, 0.1) is 17.0 Å². The molecule has 0 bridgehead atoms. The maximum Gasteiger partial charge on any atom is 0.395 e. The number of rotatable bonds is 3. The van der Waals surface area contributed by atoms with Gasteiger partial charge in [0.15, 0.2) is 0 Å². The first-order valence-corrected chi connectivity index (χ1v) is 5.04. The van der Waals surface area contributed by atoms with Crippen LogP contribution in [0.25, 0.3) is 0 Å². The molecule has 7 heteroatoms. The van der Waals surface area contributed by atoms with Crippen molar-refractivity contribution in [3.63, 3.8) is 0 Å². The molecule has 0 spiro atoms. The van der Waals surface area contributed by atoms with Crippen LogP contribution in [0.4, 0.5) is 5.69 Å². The smallest absolute Gasteiger partial charge is 0.395 e. The molecular formula is C11H9N3O4. The van der Waals surface area contributed by atoms with E-state index < -0.39 is 16.2 Å². The van der Waals surface area contributed by atoms with E-state index in [1.54, 1.807) is 24.3 Å². The Morgan fingerprint density at radius 2 is 2.00 bits per heavy atom. The minimum Gasteiger partial charge on any atom is -0.433 e. The van der Waals surface area contributed by atoms with Gasteiger partial charge in [-0.1, -0.05) is 17.7 Å². The third kappa shape index (κ3) is 2.34. The number of aromatic nitrogens is 2. The average molecular weight is 247 g/mol. The molecule has 1 N–H and O–H groups in total. The molecule has 0 amide bonds. The fraction of sp³-hybridized carbons (Fsp3) is 0.0909. The van der Waals surface area contributed by atoms with E-state index in [4.69, 9.17) is 4.74 Å². The number of hydrogen-bond acceptors (Lipinski definition) is 5. The Morgan fingerprint density at radius 1 is 1.33 bits per heavy atom. The molecule has 18 heavy (non-hydrogen) atoms. The molecule has 2 aromatic rings. The van der Waals surface area contributed by atoms with Gasteiger partial charge in [-0.15, -0.1) is 0 Å². The van der Waals surface area contributed by atoms with Crippen LogP contribution in [-0.2, 0) is 0 Å². The molecule has 0 atom stereocenters. The van der Waals surface area contributed by atoms with Crippen LogP contribution in [0.5, 0.6) is 11.6 Å². The Labute approximate surface area is 101 Å². The van der Waals surface area contributed by atoms with Crippen LogP contribution < -0.4 is 10.3 Å². The van der Waals surface area contributed by atoms with Crippen molar-refractivity contribution in [2.45, 2.75) is 6.92 Å². The van der Waals surface area contributed by atoms with Gasteiger partial charge in [-0.25, -0.2) is 0 Å². The van der Waals surface area contributed by atoms with Crippen LogP contribution in [0.1, 0.15) is 5.56 Å². The predicted octanol–water partition coefficient (Wildman–Crippen LogP) is 1.78. The number of nitro groups is 1. The lowest BCUT2D eigenvalue weighted by Gasteiger charge is -2.04. The van der Waals surface area contributed by atoms with Gasteiger partial charge in [-0.3, -0.25) is 14.9 Å². The van der Waals surface area contributed by atoms with E-state index in [0.717, 1.165) is 11.9 Å². The quantitative estimate of drug-likeness (QED) is 0.658.